The van der Waals surface area contributed by atoms with Crippen molar-refractivity contribution in [2.45, 2.75) is 17.9 Å². The minimum atomic E-state index is -4.86. The predicted octanol–water partition coefficient (Wildman–Crippen LogP) is 5.18. The van der Waals surface area contributed by atoms with Crippen LogP contribution < -0.4 is 21.5 Å². The molecule has 13 heteroatoms. The number of carbonyl (C=O) groups excluding carboxylic acids is 1. The number of hydrogen-bond donors (Lipinski definition) is 2. The van der Waals surface area contributed by atoms with Crippen LogP contribution in [0.25, 0.3) is 11.1 Å². The van der Waals surface area contributed by atoms with Crippen LogP contribution in [-0.4, -0.2) is 30.5 Å². The van der Waals surface area contributed by atoms with Crippen LogP contribution in [0.5, 0.6) is 5.75 Å². The van der Waals surface area contributed by atoms with E-state index in [0.29, 0.717) is 39.0 Å². The topological polar surface area (TPSA) is 133 Å². The molecule has 0 spiro atoms. The second kappa shape index (κ2) is 11.9. The quantitative estimate of drug-likeness (QED) is 0.202. The average Bonchev–Trinajstić information content (AvgIpc) is 2.89. The fourth-order valence-electron chi connectivity index (χ4n) is 3.63. The van der Waals surface area contributed by atoms with E-state index >= 15 is 0 Å². The summed E-state index contributed by atoms with van der Waals surface area (Å²) in [6.07, 6.45) is 2.02. The van der Waals surface area contributed by atoms with E-state index in [9.17, 15) is 21.9 Å². The van der Waals surface area contributed by atoms with Gasteiger partial charge in [0.05, 0.1) is 27.2 Å². The van der Waals surface area contributed by atoms with Crippen LogP contribution in [0, 0.1) is 0 Å². The van der Waals surface area contributed by atoms with Crippen molar-refractivity contribution < 1.29 is 21.8 Å². The minimum Gasteiger partial charge on any atom is -0.491 e. The molecule has 0 atom stereocenters. The second-order valence-electron chi connectivity index (χ2n) is 8.26. The Labute approximate surface area is 233 Å². The van der Waals surface area contributed by atoms with Crippen LogP contribution in [0.2, 0.25) is 10.0 Å². The van der Waals surface area contributed by atoms with Gasteiger partial charge in [0.1, 0.15) is 11.6 Å². The summed E-state index contributed by atoms with van der Waals surface area (Å²) in [4.78, 5) is 28.4. The third-order valence-corrected chi connectivity index (χ3v) is 7.16. The normalized spacial score (nSPS) is 11.3. The minimum absolute atomic E-state index is 0.0662. The Morgan fingerprint density at radius 2 is 1.77 bits per heavy atom. The molecule has 0 saturated carbocycles. The van der Waals surface area contributed by atoms with Crippen LogP contribution >= 0.6 is 23.2 Å². The molecule has 1 amide bonds. The first-order valence-corrected chi connectivity index (χ1v) is 13.6. The van der Waals surface area contributed by atoms with Crippen LogP contribution in [0.15, 0.2) is 82.6 Å². The molecule has 3 aromatic carbocycles. The molecule has 9 nitrogen and oxygen atoms in total. The molecule has 1 aromatic heterocycles. The molecule has 0 unspecified atom stereocenters. The highest BCUT2D eigenvalue weighted by atomic mass is 35.5. The Kier molecular flexibility index (Phi) is 8.54. The number of rotatable bonds is 9. The number of nitrogen functional groups attached to an aromatic ring is 1. The maximum absolute atomic E-state index is 13.1. The Morgan fingerprint density at radius 1 is 1.05 bits per heavy atom. The fraction of sp³-hybridized carbons (Fsp3) is 0.115. The molecule has 0 aliphatic rings. The molecule has 3 N–H and O–H groups in total. The third kappa shape index (κ3) is 6.94. The van der Waals surface area contributed by atoms with E-state index in [4.69, 9.17) is 33.7 Å². The van der Waals surface area contributed by atoms with Gasteiger partial charge in [-0.2, -0.15) is 13.4 Å². The van der Waals surface area contributed by atoms with E-state index in [-0.39, 0.29) is 24.5 Å². The number of nitrogens with one attached hydrogen (secondary N) is 1. The van der Waals surface area contributed by atoms with Gasteiger partial charge in [-0.25, -0.2) is 4.79 Å². The van der Waals surface area contributed by atoms with Gasteiger partial charge in [-0.3, -0.25) is 9.36 Å². The van der Waals surface area contributed by atoms with Crippen LogP contribution in [0.1, 0.15) is 16.8 Å². The third-order valence-electron chi connectivity index (χ3n) is 5.59. The molecule has 0 fully saturated rings. The highest BCUT2D eigenvalue weighted by Crippen LogP contribution is 2.30. The lowest BCUT2D eigenvalue weighted by Crippen LogP contribution is -2.25. The second-order valence-corrected chi connectivity index (χ2v) is 10.4. The van der Waals surface area contributed by atoms with E-state index in [1.54, 1.807) is 48.7 Å². The number of para-hydroxylation sites is 2. The Morgan fingerprint density at radius 3 is 2.46 bits per heavy atom. The monoisotopic (exact) mass is 590 g/mol. The summed E-state index contributed by atoms with van der Waals surface area (Å²) in [6, 6.07) is 16.1. The van der Waals surface area contributed by atoms with Crippen molar-refractivity contribution in [3.63, 3.8) is 0 Å². The van der Waals surface area contributed by atoms with E-state index in [0.717, 1.165) is 12.1 Å². The summed E-state index contributed by atoms with van der Waals surface area (Å²) in [5, 5.41) is 3.42. The van der Waals surface area contributed by atoms with Gasteiger partial charge < -0.3 is 15.8 Å². The molecule has 4 rings (SSSR count). The van der Waals surface area contributed by atoms with Gasteiger partial charge in [0, 0.05) is 23.9 Å². The van der Waals surface area contributed by atoms with Crippen molar-refractivity contribution in [2.24, 2.45) is 0 Å². The molecule has 0 saturated heterocycles. The summed E-state index contributed by atoms with van der Waals surface area (Å²) < 4.78 is 42.3. The number of ether oxygens (including phenoxy) is 1. The Hall–Kier alpha value is -3.93. The van der Waals surface area contributed by atoms with Crippen LogP contribution in [0.3, 0.4) is 0 Å². The molecule has 0 bridgehead atoms. The number of carbonyl (C=O) groups is 1. The lowest BCUT2D eigenvalue weighted by Gasteiger charge is -2.14. The standard InChI is InChI=1S/C26H21Cl2FN4O5S/c27-20-11-8-17(14-21(20)28)19-15-33(26(35)32-24(19)30)12-3-13-38-23-5-2-1-4-22(23)31-25(34)16-6-9-18(10-7-16)39(29,36)37/h1-2,4-11,14-15H,3,12-13H2,(H,31,34)(H2,30,32,35). The number of halogens is 3. The summed E-state index contributed by atoms with van der Waals surface area (Å²) in [7, 11) is -4.86. The van der Waals surface area contributed by atoms with Crippen LogP contribution in [-0.2, 0) is 16.8 Å². The molecular weight excluding hydrogens is 570 g/mol. The van der Waals surface area contributed by atoms with Crippen molar-refractivity contribution in [1.82, 2.24) is 9.55 Å². The first kappa shape index (κ1) is 28.1. The molecule has 4 aromatic rings. The maximum Gasteiger partial charge on any atom is 0.349 e. The molecule has 39 heavy (non-hydrogen) atoms. The van der Waals surface area contributed by atoms with Gasteiger partial charge in [-0.05, 0) is 60.5 Å². The van der Waals surface area contributed by atoms with Crippen LogP contribution in [0.4, 0.5) is 15.4 Å². The zero-order chi connectivity index (χ0) is 28.2. The lowest BCUT2D eigenvalue weighted by molar-refractivity contribution is 0.102. The fourth-order valence-corrected chi connectivity index (χ4v) is 4.39. The molecule has 1 heterocycles. The van der Waals surface area contributed by atoms with Gasteiger partial charge in [-0.15, -0.1) is 3.89 Å². The first-order chi connectivity index (χ1) is 18.5. The van der Waals surface area contributed by atoms with Gasteiger partial charge in [-0.1, -0.05) is 41.4 Å². The zero-order valence-electron chi connectivity index (χ0n) is 20.1. The first-order valence-electron chi connectivity index (χ1n) is 11.4. The van der Waals surface area contributed by atoms with E-state index in [1.807, 2.05) is 0 Å². The van der Waals surface area contributed by atoms with Crippen molar-refractivity contribution in [1.29, 1.82) is 0 Å². The summed E-state index contributed by atoms with van der Waals surface area (Å²) in [5.74, 6) is -0.0900. The molecule has 0 radical (unpaired) electrons. The zero-order valence-corrected chi connectivity index (χ0v) is 22.4. The average molecular weight is 591 g/mol. The number of benzene rings is 3. The largest absolute Gasteiger partial charge is 0.491 e. The highest BCUT2D eigenvalue weighted by molar-refractivity contribution is 7.86. The van der Waals surface area contributed by atoms with Crippen molar-refractivity contribution in [3.05, 3.63) is 99.0 Å². The maximum atomic E-state index is 13.1. The Balaban J connectivity index is 1.40. The van der Waals surface area contributed by atoms with E-state index in [1.165, 1.54) is 16.7 Å². The Bertz CT molecular complexity index is 1700. The number of anilines is 2. The van der Waals surface area contributed by atoms with E-state index < -0.39 is 26.7 Å². The summed E-state index contributed by atoms with van der Waals surface area (Å²) in [5.41, 5.74) is 7.13. The predicted molar refractivity (Wildman–Crippen MR) is 148 cm³/mol. The number of aromatic nitrogens is 2. The number of hydrogen-bond acceptors (Lipinski definition) is 7. The van der Waals surface area contributed by atoms with Crippen molar-refractivity contribution in [3.8, 4) is 16.9 Å². The number of amides is 1. The number of nitrogens with two attached hydrogens (primary N) is 1. The highest BCUT2D eigenvalue weighted by Gasteiger charge is 2.15. The van der Waals surface area contributed by atoms with Crippen molar-refractivity contribution >= 4 is 50.8 Å². The van der Waals surface area contributed by atoms with Gasteiger partial charge in [0.2, 0.25) is 0 Å². The molecule has 0 aliphatic carbocycles. The SMILES string of the molecule is Nc1nc(=O)n(CCCOc2ccccc2NC(=O)c2ccc(S(=O)(=O)F)cc2)cc1-c1ccc(Cl)c(Cl)c1. The van der Waals surface area contributed by atoms with Crippen molar-refractivity contribution in [2.75, 3.05) is 17.7 Å². The molecule has 202 valence electrons. The van der Waals surface area contributed by atoms with Gasteiger partial charge in [0.15, 0.2) is 0 Å². The smallest absolute Gasteiger partial charge is 0.349 e. The molecular formula is C26H21Cl2FN4O5S. The summed E-state index contributed by atoms with van der Waals surface area (Å²) in [6.45, 7) is 0.480. The van der Waals surface area contributed by atoms with Gasteiger partial charge >= 0.3 is 15.9 Å². The van der Waals surface area contributed by atoms with E-state index in [2.05, 4.69) is 10.3 Å². The number of nitrogens with zero attached hydrogens (tertiary/aromatic N) is 2. The summed E-state index contributed by atoms with van der Waals surface area (Å²) >= 11 is 12.1. The lowest BCUT2D eigenvalue weighted by atomic mass is 10.1. The number of aryl methyl sites for hydroxylation is 1. The van der Waals surface area contributed by atoms with Gasteiger partial charge in [0.25, 0.3) is 5.91 Å². The molecule has 0 aliphatic heterocycles.